The van der Waals surface area contributed by atoms with E-state index in [1.807, 2.05) is 39.0 Å². The average molecular weight is 563 g/mol. The molecular formula is C30H31FN4O6. The summed E-state index contributed by atoms with van der Waals surface area (Å²) in [6.07, 6.45) is 4.39. The first-order chi connectivity index (χ1) is 19.5. The molecule has 0 bridgehead atoms. The lowest BCUT2D eigenvalue weighted by Crippen LogP contribution is -2.65. The van der Waals surface area contributed by atoms with Crippen molar-refractivity contribution in [3.8, 4) is 17.2 Å². The van der Waals surface area contributed by atoms with E-state index in [1.54, 1.807) is 4.90 Å². The number of anilines is 1. The fourth-order valence-electron chi connectivity index (χ4n) is 5.79. The maximum absolute atomic E-state index is 13.6. The van der Waals surface area contributed by atoms with Gasteiger partial charge >= 0.3 is 12.1 Å². The summed E-state index contributed by atoms with van der Waals surface area (Å²) >= 11 is 0. The van der Waals surface area contributed by atoms with Crippen molar-refractivity contribution < 1.29 is 33.3 Å². The van der Waals surface area contributed by atoms with Gasteiger partial charge in [-0.05, 0) is 63.4 Å². The normalized spacial score (nSPS) is 17.5. The molecule has 214 valence electrons. The Balaban J connectivity index is 1.07. The lowest BCUT2D eigenvalue weighted by Gasteiger charge is -2.58. The van der Waals surface area contributed by atoms with Crippen molar-refractivity contribution in [1.29, 1.82) is 0 Å². The number of aromatic nitrogens is 2. The summed E-state index contributed by atoms with van der Waals surface area (Å²) in [4.78, 5) is 36.3. The van der Waals surface area contributed by atoms with Gasteiger partial charge in [0.2, 0.25) is 0 Å². The summed E-state index contributed by atoms with van der Waals surface area (Å²) in [5.41, 5.74) is 1.36. The number of ether oxygens (including phenoxy) is 3. The van der Waals surface area contributed by atoms with Crippen LogP contribution in [0.5, 0.6) is 17.2 Å². The van der Waals surface area contributed by atoms with Crippen LogP contribution in [0.4, 0.5) is 15.0 Å². The van der Waals surface area contributed by atoms with Crippen LogP contribution in [0.25, 0.3) is 0 Å². The lowest BCUT2D eigenvalue weighted by molar-refractivity contribution is -0.0349. The number of rotatable bonds is 6. The van der Waals surface area contributed by atoms with Crippen LogP contribution >= 0.6 is 0 Å². The second-order valence-corrected chi connectivity index (χ2v) is 12.0. The van der Waals surface area contributed by atoms with Gasteiger partial charge in [-0.2, -0.15) is 0 Å². The third-order valence-corrected chi connectivity index (χ3v) is 7.61. The van der Waals surface area contributed by atoms with Crippen LogP contribution in [-0.4, -0.2) is 56.8 Å². The van der Waals surface area contributed by atoms with E-state index in [-0.39, 0.29) is 28.9 Å². The van der Waals surface area contributed by atoms with E-state index in [4.69, 9.17) is 14.2 Å². The first-order valence-corrected chi connectivity index (χ1v) is 13.5. The van der Waals surface area contributed by atoms with Crippen LogP contribution in [0, 0.1) is 11.2 Å². The largest absolute Gasteiger partial charge is 0.490 e. The van der Waals surface area contributed by atoms with Crippen LogP contribution in [0.2, 0.25) is 0 Å². The number of halogens is 1. The fraction of sp³-hybridized carbons (Fsp3) is 0.400. The van der Waals surface area contributed by atoms with Crippen LogP contribution in [0.1, 0.15) is 55.1 Å². The van der Waals surface area contributed by atoms with Crippen molar-refractivity contribution >= 4 is 17.9 Å². The summed E-state index contributed by atoms with van der Waals surface area (Å²) in [5.74, 6) is -0.265. The second kappa shape index (κ2) is 9.90. The van der Waals surface area contributed by atoms with Crippen molar-refractivity contribution in [1.82, 2.24) is 14.9 Å². The number of amides is 1. The average Bonchev–Trinajstić information content (AvgIpc) is 3.31. The van der Waals surface area contributed by atoms with Gasteiger partial charge in [0, 0.05) is 30.6 Å². The summed E-state index contributed by atoms with van der Waals surface area (Å²) in [6.45, 7) is 8.02. The van der Waals surface area contributed by atoms with Gasteiger partial charge in [0.1, 0.15) is 40.9 Å². The Morgan fingerprint density at radius 1 is 1.07 bits per heavy atom. The standard InChI is InChI=1S/C30H31FN4O6/c1-29(2,3)41-28(38)34-13-18-5-4-6-23(22(18)14-34)39-20-10-30(11-20)15-35(16-30)26-25(12-32-17-33-26)40-24-8-7-19(31)9-21(24)27(36)37/h4-9,12,17,20H,10-11,13-16H2,1-3H3,(H,36,37). The fourth-order valence-corrected chi connectivity index (χ4v) is 5.79. The Hall–Kier alpha value is -4.41. The topological polar surface area (TPSA) is 114 Å². The third-order valence-electron chi connectivity index (χ3n) is 7.61. The van der Waals surface area contributed by atoms with Crippen LogP contribution in [0.3, 0.4) is 0 Å². The molecule has 3 aromatic rings. The molecule has 1 amide bonds. The number of hydrogen-bond donors (Lipinski definition) is 1. The highest BCUT2D eigenvalue weighted by Gasteiger charge is 2.54. The second-order valence-electron chi connectivity index (χ2n) is 12.0. The maximum Gasteiger partial charge on any atom is 0.410 e. The Kier molecular flexibility index (Phi) is 6.47. The van der Waals surface area contributed by atoms with E-state index in [0.29, 0.717) is 24.7 Å². The van der Waals surface area contributed by atoms with E-state index in [1.165, 1.54) is 18.6 Å². The van der Waals surface area contributed by atoms with Gasteiger partial charge in [-0.15, -0.1) is 0 Å². The molecule has 1 aromatic heterocycles. The van der Waals surface area contributed by atoms with Crippen molar-refractivity contribution in [3.63, 3.8) is 0 Å². The Morgan fingerprint density at radius 3 is 2.59 bits per heavy atom. The van der Waals surface area contributed by atoms with Crippen molar-refractivity contribution in [2.24, 2.45) is 5.41 Å². The van der Waals surface area contributed by atoms with Crippen LogP contribution in [0.15, 0.2) is 48.9 Å². The molecule has 2 fully saturated rings. The van der Waals surface area contributed by atoms with Crippen LogP contribution in [-0.2, 0) is 17.8 Å². The Labute approximate surface area is 236 Å². The Morgan fingerprint density at radius 2 is 1.85 bits per heavy atom. The number of carbonyl (C=O) groups excluding carboxylic acids is 1. The molecular weight excluding hydrogens is 531 g/mol. The van der Waals surface area contributed by atoms with Crippen molar-refractivity contribution in [2.45, 2.75) is 58.4 Å². The number of benzene rings is 2. The SMILES string of the molecule is CC(C)(C)OC(=O)N1Cc2cccc(OC3CC4(C3)CN(c3ncncc3Oc3ccc(F)cc3C(=O)O)C4)c2C1. The minimum atomic E-state index is -1.29. The molecule has 10 nitrogen and oxygen atoms in total. The first kappa shape index (κ1) is 26.8. The van der Waals surface area contributed by atoms with E-state index < -0.39 is 17.4 Å². The molecule has 0 atom stereocenters. The van der Waals surface area contributed by atoms with Gasteiger partial charge in [-0.1, -0.05) is 12.1 Å². The number of carbonyl (C=O) groups is 2. The predicted octanol–water partition coefficient (Wildman–Crippen LogP) is 5.40. The van der Waals surface area contributed by atoms with E-state index in [9.17, 15) is 19.1 Å². The van der Waals surface area contributed by atoms with Gasteiger partial charge in [-0.3, -0.25) is 4.90 Å². The van der Waals surface area contributed by atoms with Crippen LogP contribution < -0.4 is 14.4 Å². The zero-order valence-electron chi connectivity index (χ0n) is 23.1. The molecule has 1 saturated carbocycles. The number of fused-ring (bicyclic) bond motifs is 1. The smallest absolute Gasteiger partial charge is 0.410 e. The first-order valence-electron chi connectivity index (χ1n) is 13.5. The van der Waals surface area contributed by atoms with Crippen molar-refractivity contribution in [2.75, 3.05) is 18.0 Å². The summed E-state index contributed by atoms with van der Waals surface area (Å²) in [7, 11) is 0. The van der Waals surface area contributed by atoms with Crippen molar-refractivity contribution in [3.05, 3.63) is 71.4 Å². The van der Waals surface area contributed by atoms with E-state index >= 15 is 0 Å². The monoisotopic (exact) mass is 562 g/mol. The molecule has 3 aliphatic rings. The van der Waals surface area contributed by atoms with E-state index in [0.717, 1.165) is 54.9 Å². The number of hydrogen-bond acceptors (Lipinski definition) is 8. The maximum atomic E-state index is 13.6. The number of carboxylic acid groups (broad SMARTS) is 1. The van der Waals surface area contributed by atoms with E-state index in [2.05, 4.69) is 14.9 Å². The summed E-state index contributed by atoms with van der Waals surface area (Å²) < 4.78 is 31.4. The molecule has 1 saturated heterocycles. The molecule has 0 radical (unpaired) electrons. The minimum absolute atomic E-state index is 0.0166. The number of aromatic carboxylic acids is 1. The summed E-state index contributed by atoms with van der Waals surface area (Å²) in [6, 6.07) is 9.29. The zero-order chi connectivity index (χ0) is 28.9. The molecule has 3 heterocycles. The summed E-state index contributed by atoms with van der Waals surface area (Å²) in [5, 5.41) is 9.45. The van der Waals surface area contributed by atoms with Gasteiger partial charge in [0.05, 0.1) is 12.7 Å². The van der Waals surface area contributed by atoms with Gasteiger partial charge < -0.3 is 24.2 Å². The lowest BCUT2D eigenvalue weighted by atomic mass is 9.61. The molecule has 11 heteroatoms. The van der Waals surface area contributed by atoms with Gasteiger partial charge in [0.25, 0.3) is 0 Å². The molecule has 1 N–H and O–H groups in total. The minimum Gasteiger partial charge on any atom is -0.490 e. The molecule has 41 heavy (non-hydrogen) atoms. The molecule has 1 aliphatic carbocycles. The molecule has 2 aromatic carbocycles. The molecule has 6 rings (SSSR count). The molecule has 1 spiro atoms. The highest BCUT2D eigenvalue weighted by atomic mass is 19.1. The highest BCUT2D eigenvalue weighted by molar-refractivity contribution is 5.91. The zero-order valence-corrected chi connectivity index (χ0v) is 23.1. The third kappa shape index (κ3) is 5.36. The highest BCUT2D eigenvalue weighted by Crippen LogP contribution is 2.52. The predicted molar refractivity (Wildman–Crippen MR) is 146 cm³/mol. The molecule has 0 unspecified atom stereocenters. The Bertz CT molecular complexity index is 1510. The number of nitrogens with zero attached hydrogens (tertiary/aromatic N) is 4. The van der Waals surface area contributed by atoms with Gasteiger partial charge in [-0.25, -0.2) is 23.9 Å². The molecule has 2 aliphatic heterocycles. The number of carboxylic acids is 1. The van der Waals surface area contributed by atoms with Gasteiger partial charge in [0.15, 0.2) is 11.6 Å². The quantitative estimate of drug-likeness (QED) is 0.421.